The van der Waals surface area contributed by atoms with E-state index in [1.165, 1.54) is 37.6 Å². The number of hydrogen-bond acceptors (Lipinski definition) is 1. The molecule has 0 radical (unpaired) electrons. The summed E-state index contributed by atoms with van der Waals surface area (Å²) < 4.78 is 0. The molecule has 1 heterocycles. The van der Waals surface area contributed by atoms with Crippen LogP contribution in [0.4, 0.5) is 0 Å². The zero-order valence-corrected chi connectivity index (χ0v) is 15.5. The zero-order chi connectivity index (χ0) is 17.8. The Kier molecular flexibility index (Phi) is 4.81. The van der Waals surface area contributed by atoms with Crippen LogP contribution in [0.25, 0.3) is 22.1 Å². The summed E-state index contributed by atoms with van der Waals surface area (Å²) in [5.74, 6) is 0. The first-order valence-corrected chi connectivity index (χ1v) is 9.61. The molecule has 0 atom stereocenters. The molecule has 0 aliphatic rings. The van der Waals surface area contributed by atoms with Crippen molar-refractivity contribution >= 4 is 23.0 Å². The number of hydrogen-bond donors (Lipinski definition) is 0. The molecular formula is C25H20S. The SMILES string of the molecule is Cc1ccc(-c2ccc(C=C(c3ccccc3)c3ccccc3)cc2)s1. The Balaban J connectivity index is 1.73. The Hall–Kier alpha value is -2.90. The topological polar surface area (TPSA) is 0 Å². The van der Waals surface area contributed by atoms with E-state index in [0.29, 0.717) is 0 Å². The first-order chi connectivity index (χ1) is 12.8. The molecular weight excluding hydrogens is 332 g/mol. The van der Waals surface area contributed by atoms with Gasteiger partial charge in [-0.3, -0.25) is 0 Å². The van der Waals surface area contributed by atoms with Crippen molar-refractivity contribution in [1.29, 1.82) is 0 Å². The molecule has 0 saturated carbocycles. The Morgan fingerprint density at radius 2 is 1.23 bits per heavy atom. The number of benzene rings is 3. The Morgan fingerprint density at radius 1 is 0.654 bits per heavy atom. The first-order valence-electron chi connectivity index (χ1n) is 8.79. The van der Waals surface area contributed by atoms with Gasteiger partial charge in [0.05, 0.1) is 0 Å². The van der Waals surface area contributed by atoms with Crippen molar-refractivity contribution < 1.29 is 0 Å². The molecule has 126 valence electrons. The van der Waals surface area contributed by atoms with Crippen LogP contribution in [0, 0.1) is 6.92 Å². The van der Waals surface area contributed by atoms with E-state index >= 15 is 0 Å². The number of rotatable bonds is 4. The van der Waals surface area contributed by atoms with Crippen LogP contribution in [0.3, 0.4) is 0 Å². The summed E-state index contributed by atoms with van der Waals surface area (Å²) in [6.45, 7) is 2.15. The van der Waals surface area contributed by atoms with Crippen LogP contribution in [0.2, 0.25) is 0 Å². The van der Waals surface area contributed by atoms with E-state index in [4.69, 9.17) is 0 Å². The molecule has 0 saturated heterocycles. The molecule has 0 spiro atoms. The molecule has 1 heteroatoms. The van der Waals surface area contributed by atoms with Crippen molar-refractivity contribution in [2.75, 3.05) is 0 Å². The average molecular weight is 353 g/mol. The van der Waals surface area contributed by atoms with Crippen molar-refractivity contribution in [2.24, 2.45) is 0 Å². The highest BCUT2D eigenvalue weighted by molar-refractivity contribution is 7.15. The minimum absolute atomic E-state index is 1.21. The average Bonchev–Trinajstić information content (AvgIpc) is 3.14. The fraction of sp³-hybridized carbons (Fsp3) is 0.0400. The molecule has 1 aromatic heterocycles. The maximum absolute atomic E-state index is 2.27. The largest absolute Gasteiger partial charge is 0.141 e. The molecule has 26 heavy (non-hydrogen) atoms. The van der Waals surface area contributed by atoms with E-state index < -0.39 is 0 Å². The van der Waals surface area contributed by atoms with Gasteiger partial charge in [0.2, 0.25) is 0 Å². The quantitative estimate of drug-likeness (QED) is 0.338. The van der Waals surface area contributed by atoms with Crippen molar-refractivity contribution in [3.05, 3.63) is 119 Å². The molecule has 0 aliphatic heterocycles. The minimum atomic E-state index is 1.21. The first kappa shape index (κ1) is 16.6. The molecule has 4 rings (SSSR count). The van der Waals surface area contributed by atoms with Crippen molar-refractivity contribution in [2.45, 2.75) is 6.92 Å². The van der Waals surface area contributed by atoms with Gasteiger partial charge in [-0.15, -0.1) is 11.3 Å². The maximum Gasteiger partial charge on any atom is 0.0345 e. The van der Waals surface area contributed by atoms with E-state index in [9.17, 15) is 0 Å². The lowest BCUT2D eigenvalue weighted by molar-refractivity contribution is 1.55. The van der Waals surface area contributed by atoms with Crippen molar-refractivity contribution in [1.82, 2.24) is 0 Å². The molecule has 0 N–H and O–H groups in total. The molecule has 0 aliphatic carbocycles. The highest BCUT2D eigenvalue weighted by atomic mass is 32.1. The Labute approximate surface area is 159 Å². The number of aryl methyl sites for hydroxylation is 1. The lowest BCUT2D eigenvalue weighted by Gasteiger charge is -2.09. The standard InChI is InChI=1S/C25H20S/c1-19-12-17-25(26-19)23-15-13-20(14-16-23)18-24(21-8-4-2-5-9-21)22-10-6-3-7-11-22/h2-18H,1H3. The van der Waals surface area contributed by atoms with Gasteiger partial charge in [-0.1, -0.05) is 84.9 Å². The third-order valence-electron chi connectivity index (χ3n) is 4.42. The predicted octanol–water partition coefficient (Wildman–Crippen LogP) is 7.31. The van der Waals surface area contributed by atoms with E-state index in [1.54, 1.807) is 0 Å². The third-order valence-corrected chi connectivity index (χ3v) is 5.47. The highest BCUT2D eigenvalue weighted by Crippen LogP contribution is 2.30. The van der Waals surface area contributed by atoms with E-state index in [1.807, 2.05) is 11.3 Å². The summed E-state index contributed by atoms with van der Waals surface area (Å²) in [5.41, 5.74) is 6.20. The molecule has 3 aromatic carbocycles. The van der Waals surface area contributed by atoms with Gasteiger partial charge in [-0.25, -0.2) is 0 Å². The highest BCUT2D eigenvalue weighted by Gasteiger charge is 2.05. The summed E-state index contributed by atoms with van der Waals surface area (Å²) in [6, 6.07) is 34.4. The van der Waals surface area contributed by atoms with Crippen LogP contribution in [0.1, 0.15) is 21.6 Å². The lowest BCUT2D eigenvalue weighted by atomic mass is 9.95. The fourth-order valence-corrected chi connectivity index (χ4v) is 3.94. The molecule has 4 aromatic rings. The summed E-state index contributed by atoms with van der Waals surface area (Å²) in [6.07, 6.45) is 2.27. The van der Waals surface area contributed by atoms with Crippen LogP contribution in [-0.2, 0) is 0 Å². The van der Waals surface area contributed by atoms with Gasteiger partial charge < -0.3 is 0 Å². The van der Waals surface area contributed by atoms with Gasteiger partial charge in [0.15, 0.2) is 0 Å². The molecule has 0 fully saturated rings. The van der Waals surface area contributed by atoms with E-state index in [2.05, 4.69) is 110 Å². The van der Waals surface area contributed by atoms with E-state index in [-0.39, 0.29) is 0 Å². The van der Waals surface area contributed by atoms with Gasteiger partial charge in [0.1, 0.15) is 0 Å². The second-order valence-electron chi connectivity index (χ2n) is 6.32. The van der Waals surface area contributed by atoms with Gasteiger partial charge >= 0.3 is 0 Å². The lowest BCUT2D eigenvalue weighted by Crippen LogP contribution is -1.88. The normalized spacial score (nSPS) is 10.5. The van der Waals surface area contributed by atoms with Crippen molar-refractivity contribution in [3.63, 3.8) is 0 Å². The molecule has 0 unspecified atom stereocenters. The maximum atomic E-state index is 2.27. The van der Waals surface area contributed by atoms with E-state index in [0.717, 1.165) is 0 Å². The van der Waals surface area contributed by atoms with Gasteiger partial charge in [-0.2, -0.15) is 0 Å². The van der Waals surface area contributed by atoms with Crippen LogP contribution >= 0.6 is 11.3 Å². The van der Waals surface area contributed by atoms with Gasteiger partial charge in [0.25, 0.3) is 0 Å². The van der Waals surface area contributed by atoms with Crippen molar-refractivity contribution in [3.8, 4) is 10.4 Å². The smallest absolute Gasteiger partial charge is 0.0345 e. The Bertz CT molecular complexity index is 965. The molecule has 0 nitrogen and oxygen atoms in total. The molecule has 0 bridgehead atoms. The summed E-state index contributed by atoms with van der Waals surface area (Å²) in [5, 5.41) is 0. The fourth-order valence-electron chi connectivity index (χ4n) is 3.07. The Morgan fingerprint density at radius 3 is 1.73 bits per heavy atom. The summed E-state index contributed by atoms with van der Waals surface area (Å²) >= 11 is 1.84. The van der Waals surface area contributed by atoms with Crippen LogP contribution in [-0.4, -0.2) is 0 Å². The van der Waals surface area contributed by atoms with Crippen LogP contribution in [0.5, 0.6) is 0 Å². The molecule has 0 amide bonds. The summed E-state index contributed by atoms with van der Waals surface area (Å²) in [7, 11) is 0. The predicted molar refractivity (Wildman–Crippen MR) is 114 cm³/mol. The van der Waals surface area contributed by atoms with Crippen LogP contribution < -0.4 is 0 Å². The second-order valence-corrected chi connectivity index (χ2v) is 7.61. The zero-order valence-electron chi connectivity index (χ0n) is 14.7. The van der Waals surface area contributed by atoms with Gasteiger partial charge in [-0.05, 0) is 53.0 Å². The van der Waals surface area contributed by atoms with Gasteiger partial charge in [0, 0.05) is 9.75 Å². The minimum Gasteiger partial charge on any atom is -0.141 e. The second kappa shape index (κ2) is 7.55. The monoisotopic (exact) mass is 352 g/mol. The third kappa shape index (κ3) is 3.68. The summed E-state index contributed by atoms with van der Waals surface area (Å²) in [4.78, 5) is 2.67. The number of thiophene rings is 1. The van der Waals surface area contributed by atoms with Crippen LogP contribution in [0.15, 0.2) is 97.1 Å².